The van der Waals surface area contributed by atoms with Crippen molar-refractivity contribution in [3.05, 3.63) is 24.3 Å². The van der Waals surface area contributed by atoms with Gasteiger partial charge in [-0.25, -0.2) is 0 Å². The van der Waals surface area contributed by atoms with E-state index in [9.17, 15) is 4.79 Å². The maximum Gasteiger partial charge on any atom is 0.225 e. The van der Waals surface area contributed by atoms with Crippen molar-refractivity contribution < 1.29 is 4.79 Å². The summed E-state index contributed by atoms with van der Waals surface area (Å²) < 4.78 is 0. The molecule has 3 nitrogen and oxygen atoms in total. The summed E-state index contributed by atoms with van der Waals surface area (Å²) in [6.45, 7) is 0.772. The Morgan fingerprint density at radius 1 is 1.44 bits per heavy atom. The molecule has 88 valence electrons. The fourth-order valence-electron chi connectivity index (χ4n) is 1.25. The molecular weight excluding hydrogens is 220 g/mol. The first-order valence-corrected chi connectivity index (χ1v) is 6.43. The van der Waals surface area contributed by atoms with Crippen LogP contribution in [0.15, 0.2) is 29.2 Å². The number of nitrogens with zero attached hydrogens (tertiary/aromatic N) is 1. The van der Waals surface area contributed by atoms with Crippen LogP contribution in [-0.2, 0) is 4.79 Å². The van der Waals surface area contributed by atoms with Crippen molar-refractivity contribution >= 4 is 23.4 Å². The zero-order valence-corrected chi connectivity index (χ0v) is 10.8. The second kappa shape index (κ2) is 6.55. The van der Waals surface area contributed by atoms with Gasteiger partial charge in [-0.15, -0.1) is 11.8 Å². The Balaban J connectivity index is 2.49. The first-order valence-electron chi connectivity index (χ1n) is 5.20. The van der Waals surface area contributed by atoms with E-state index in [4.69, 9.17) is 0 Å². The van der Waals surface area contributed by atoms with Crippen LogP contribution in [0.25, 0.3) is 0 Å². The van der Waals surface area contributed by atoms with Gasteiger partial charge >= 0.3 is 0 Å². The van der Waals surface area contributed by atoms with Crippen molar-refractivity contribution in [1.82, 2.24) is 4.90 Å². The number of benzene rings is 1. The van der Waals surface area contributed by atoms with E-state index in [2.05, 4.69) is 5.32 Å². The van der Waals surface area contributed by atoms with Gasteiger partial charge in [-0.3, -0.25) is 4.79 Å². The Labute approximate surface area is 101 Å². The Morgan fingerprint density at radius 2 is 2.19 bits per heavy atom. The van der Waals surface area contributed by atoms with Gasteiger partial charge in [0.1, 0.15) is 0 Å². The largest absolute Gasteiger partial charge is 0.326 e. The summed E-state index contributed by atoms with van der Waals surface area (Å²) in [5.41, 5.74) is 0.871. The molecule has 1 amide bonds. The van der Waals surface area contributed by atoms with Gasteiger partial charge in [0.25, 0.3) is 0 Å². The molecule has 0 fully saturated rings. The number of thioether (sulfide) groups is 1. The van der Waals surface area contributed by atoms with Gasteiger partial charge in [-0.05, 0) is 38.6 Å². The minimum absolute atomic E-state index is 0.0620. The highest BCUT2D eigenvalue weighted by Gasteiger charge is 2.03. The summed E-state index contributed by atoms with van der Waals surface area (Å²) in [7, 11) is 3.92. The Bertz CT molecular complexity index is 353. The van der Waals surface area contributed by atoms with E-state index in [0.717, 1.165) is 17.1 Å². The lowest BCUT2D eigenvalue weighted by Gasteiger charge is -2.10. The maximum absolute atomic E-state index is 11.6. The van der Waals surface area contributed by atoms with Crippen molar-refractivity contribution in [3.63, 3.8) is 0 Å². The third-order valence-corrected chi connectivity index (χ3v) is 2.86. The topological polar surface area (TPSA) is 32.3 Å². The number of anilines is 1. The van der Waals surface area contributed by atoms with Gasteiger partial charge in [0.2, 0.25) is 5.91 Å². The number of nitrogens with one attached hydrogen (secondary N) is 1. The highest BCUT2D eigenvalue weighted by atomic mass is 32.2. The minimum Gasteiger partial charge on any atom is -0.326 e. The summed E-state index contributed by atoms with van der Waals surface area (Å²) in [5.74, 6) is 0.0620. The maximum atomic E-state index is 11.6. The quantitative estimate of drug-likeness (QED) is 0.799. The molecule has 4 heteroatoms. The normalized spacial score (nSPS) is 10.5. The molecule has 1 aromatic rings. The molecule has 16 heavy (non-hydrogen) atoms. The van der Waals surface area contributed by atoms with Gasteiger partial charge in [0.15, 0.2) is 0 Å². The number of hydrogen-bond acceptors (Lipinski definition) is 3. The number of hydrogen-bond donors (Lipinski definition) is 1. The predicted molar refractivity (Wildman–Crippen MR) is 70.0 cm³/mol. The molecule has 0 aromatic heterocycles. The molecule has 1 N–H and O–H groups in total. The van der Waals surface area contributed by atoms with Crippen LogP contribution in [0.4, 0.5) is 5.69 Å². The van der Waals surface area contributed by atoms with Crippen molar-refractivity contribution in [2.75, 3.05) is 32.2 Å². The molecule has 0 saturated carbocycles. The lowest BCUT2D eigenvalue weighted by atomic mass is 10.3. The zero-order chi connectivity index (χ0) is 12.0. The third kappa shape index (κ3) is 4.68. The second-order valence-electron chi connectivity index (χ2n) is 3.83. The summed E-state index contributed by atoms with van der Waals surface area (Å²) in [4.78, 5) is 14.7. The smallest absolute Gasteiger partial charge is 0.225 e. The molecule has 0 spiro atoms. The Hall–Kier alpha value is -1.00. The molecule has 1 rings (SSSR count). The highest BCUT2D eigenvalue weighted by Crippen LogP contribution is 2.18. The molecular formula is C12H18N2OS. The van der Waals surface area contributed by atoms with Crippen molar-refractivity contribution in [3.8, 4) is 0 Å². The van der Waals surface area contributed by atoms with Crippen molar-refractivity contribution in [2.45, 2.75) is 11.3 Å². The first-order chi connectivity index (χ1) is 7.61. The molecule has 0 aliphatic carbocycles. The van der Waals surface area contributed by atoms with Crippen LogP contribution >= 0.6 is 11.8 Å². The first kappa shape index (κ1) is 13.1. The predicted octanol–water partition coefficient (Wildman–Crippen LogP) is 2.30. The average molecular weight is 238 g/mol. The number of rotatable bonds is 5. The van der Waals surface area contributed by atoms with Gasteiger partial charge < -0.3 is 10.2 Å². The molecule has 1 aromatic carbocycles. The van der Waals surface area contributed by atoms with Gasteiger partial charge in [0.05, 0.1) is 0 Å². The van der Waals surface area contributed by atoms with Gasteiger partial charge in [-0.2, -0.15) is 0 Å². The number of carbonyl (C=O) groups is 1. The Kier molecular flexibility index (Phi) is 5.35. The van der Waals surface area contributed by atoms with E-state index < -0.39 is 0 Å². The van der Waals surface area contributed by atoms with E-state index >= 15 is 0 Å². The monoisotopic (exact) mass is 238 g/mol. The summed E-state index contributed by atoms with van der Waals surface area (Å²) in [6.07, 6.45) is 2.55. The van der Waals surface area contributed by atoms with Gasteiger partial charge in [0, 0.05) is 23.5 Å². The van der Waals surface area contributed by atoms with E-state index in [1.807, 2.05) is 49.5 Å². The molecule has 0 saturated heterocycles. The lowest BCUT2D eigenvalue weighted by Crippen LogP contribution is -2.20. The number of amides is 1. The fourth-order valence-corrected chi connectivity index (χ4v) is 1.71. The van der Waals surface area contributed by atoms with Crippen molar-refractivity contribution in [2.24, 2.45) is 0 Å². The molecule has 0 bridgehead atoms. The highest BCUT2D eigenvalue weighted by molar-refractivity contribution is 7.98. The fraction of sp³-hybridized carbons (Fsp3) is 0.417. The molecule has 0 atom stereocenters. The average Bonchev–Trinajstić information content (AvgIpc) is 2.26. The van der Waals surface area contributed by atoms with Crippen LogP contribution in [0.5, 0.6) is 0 Å². The SMILES string of the molecule is CSc1cccc(NC(=O)CCN(C)C)c1. The van der Waals surface area contributed by atoms with Crippen LogP contribution in [0.3, 0.4) is 0 Å². The molecule has 0 aliphatic rings. The van der Waals surface area contributed by atoms with E-state index in [1.165, 1.54) is 0 Å². The lowest BCUT2D eigenvalue weighted by molar-refractivity contribution is -0.116. The van der Waals surface area contributed by atoms with Crippen LogP contribution < -0.4 is 5.32 Å². The number of carbonyl (C=O) groups excluding carboxylic acids is 1. The zero-order valence-electron chi connectivity index (χ0n) is 9.99. The van der Waals surface area contributed by atoms with E-state index in [-0.39, 0.29) is 5.91 Å². The summed E-state index contributed by atoms with van der Waals surface area (Å²) >= 11 is 1.67. The van der Waals surface area contributed by atoms with Crippen LogP contribution in [0.1, 0.15) is 6.42 Å². The van der Waals surface area contributed by atoms with E-state index in [1.54, 1.807) is 11.8 Å². The van der Waals surface area contributed by atoms with E-state index in [0.29, 0.717) is 6.42 Å². The standard InChI is InChI=1S/C12H18N2OS/c1-14(2)8-7-12(15)13-10-5-4-6-11(9-10)16-3/h4-6,9H,7-8H2,1-3H3,(H,13,15). The van der Waals surface area contributed by atoms with Crippen LogP contribution in [0.2, 0.25) is 0 Å². The third-order valence-electron chi connectivity index (χ3n) is 2.14. The minimum atomic E-state index is 0.0620. The Morgan fingerprint density at radius 3 is 2.81 bits per heavy atom. The molecule has 0 radical (unpaired) electrons. The molecule has 0 unspecified atom stereocenters. The molecule has 0 aliphatic heterocycles. The second-order valence-corrected chi connectivity index (χ2v) is 4.71. The molecule has 0 heterocycles. The summed E-state index contributed by atoms with van der Waals surface area (Å²) in [6, 6.07) is 7.87. The van der Waals surface area contributed by atoms with Crippen LogP contribution in [0, 0.1) is 0 Å². The van der Waals surface area contributed by atoms with Gasteiger partial charge in [-0.1, -0.05) is 6.07 Å². The summed E-state index contributed by atoms with van der Waals surface area (Å²) in [5, 5.41) is 2.89. The van der Waals surface area contributed by atoms with Crippen molar-refractivity contribution in [1.29, 1.82) is 0 Å². The van der Waals surface area contributed by atoms with Crippen LogP contribution in [-0.4, -0.2) is 37.7 Å².